The van der Waals surface area contributed by atoms with Gasteiger partial charge in [-0.1, -0.05) is 11.6 Å². The number of ether oxygens (including phenoxy) is 1. The van der Waals surface area contributed by atoms with Crippen molar-refractivity contribution >= 4 is 17.3 Å². The topological polar surface area (TPSA) is 60.2 Å². The minimum absolute atomic E-state index is 0.129. The van der Waals surface area contributed by atoms with E-state index < -0.39 is 0 Å². The molecule has 0 bridgehead atoms. The molecule has 14 heavy (non-hydrogen) atoms. The minimum atomic E-state index is 0.129. The molecule has 3 N–H and O–H groups in total. The van der Waals surface area contributed by atoms with Crippen molar-refractivity contribution in [2.75, 3.05) is 25.5 Å². The summed E-state index contributed by atoms with van der Waals surface area (Å²) in [5, 5.41) is 3.77. The second-order valence-corrected chi connectivity index (χ2v) is 3.60. The average molecular weight is 214 g/mol. The van der Waals surface area contributed by atoms with Crippen LogP contribution in [0.3, 0.4) is 0 Å². The molecule has 2 rings (SSSR count). The van der Waals surface area contributed by atoms with Crippen molar-refractivity contribution in [1.29, 1.82) is 0 Å². The molecule has 1 fully saturated rings. The molecule has 2 heterocycles. The highest BCUT2D eigenvalue weighted by Gasteiger charge is 2.17. The zero-order valence-corrected chi connectivity index (χ0v) is 8.42. The van der Waals surface area contributed by atoms with E-state index in [9.17, 15) is 0 Å². The van der Waals surface area contributed by atoms with Crippen molar-refractivity contribution in [2.24, 2.45) is 0 Å². The summed E-state index contributed by atoms with van der Waals surface area (Å²) in [6, 6.07) is 1.91. The summed E-state index contributed by atoms with van der Waals surface area (Å²) in [4.78, 5) is 3.91. The first-order valence-electron chi connectivity index (χ1n) is 4.49. The van der Waals surface area contributed by atoms with Crippen molar-refractivity contribution in [1.82, 2.24) is 10.3 Å². The number of rotatable bonds is 1. The Labute approximate surface area is 87.4 Å². The van der Waals surface area contributed by atoms with Crippen molar-refractivity contribution < 1.29 is 4.74 Å². The Kier molecular flexibility index (Phi) is 2.86. The molecular formula is C9H12ClN3O. The van der Waals surface area contributed by atoms with Gasteiger partial charge in [-0.3, -0.25) is 0 Å². The van der Waals surface area contributed by atoms with Gasteiger partial charge in [0.05, 0.1) is 31.1 Å². The number of nitrogen functional groups attached to an aromatic ring is 1. The summed E-state index contributed by atoms with van der Waals surface area (Å²) in [7, 11) is 0. The molecule has 1 saturated heterocycles. The van der Waals surface area contributed by atoms with E-state index in [0.717, 1.165) is 18.7 Å². The third kappa shape index (κ3) is 1.97. The summed E-state index contributed by atoms with van der Waals surface area (Å²) in [6.07, 6.45) is 1.58. The van der Waals surface area contributed by atoms with E-state index in [1.165, 1.54) is 0 Å². The van der Waals surface area contributed by atoms with Gasteiger partial charge in [-0.15, -0.1) is 0 Å². The maximum absolute atomic E-state index is 5.80. The molecule has 1 aliphatic heterocycles. The fraction of sp³-hybridized carbons (Fsp3) is 0.444. The minimum Gasteiger partial charge on any atom is -0.397 e. The standard InChI is InChI=1S/C9H12ClN3O/c10-9-3-6(7(11)4-13-9)8-5-14-2-1-12-8/h3-4,8,12H,1-2,5,11H2/t8-/m0/s1. The van der Waals surface area contributed by atoms with E-state index in [4.69, 9.17) is 22.1 Å². The van der Waals surface area contributed by atoms with Crippen molar-refractivity contribution in [3.63, 3.8) is 0 Å². The SMILES string of the molecule is Nc1cnc(Cl)cc1[C@@H]1COCCN1. The van der Waals surface area contributed by atoms with Gasteiger partial charge in [0.15, 0.2) is 0 Å². The first-order valence-corrected chi connectivity index (χ1v) is 4.87. The molecule has 76 valence electrons. The lowest BCUT2D eigenvalue weighted by molar-refractivity contribution is 0.0770. The van der Waals surface area contributed by atoms with Crippen LogP contribution >= 0.6 is 11.6 Å². The zero-order chi connectivity index (χ0) is 9.97. The Balaban J connectivity index is 2.24. The number of morpholine rings is 1. The predicted molar refractivity (Wildman–Crippen MR) is 55.2 cm³/mol. The molecule has 0 radical (unpaired) electrons. The monoisotopic (exact) mass is 213 g/mol. The molecular weight excluding hydrogens is 202 g/mol. The van der Waals surface area contributed by atoms with Gasteiger partial charge >= 0.3 is 0 Å². The lowest BCUT2D eigenvalue weighted by Crippen LogP contribution is -2.35. The second-order valence-electron chi connectivity index (χ2n) is 3.22. The summed E-state index contributed by atoms with van der Waals surface area (Å²) >= 11 is 5.80. The summed E-state index contributed by atoms with van der Waals surface area (Å²) in [5.41, 5.74) is 7.42. The van der Waals surface area contributed by atoms with Gasteiger partial charge in [0, 0.05) is 6.54 Å². The Bertz CT molecular complexity index is 326. The van der Waals surface area contributed by atoms with Gasteiger partial charge in [0.1, 0.15) is 5.15 Å². The van der Waals surface area contributed by atoms with Crippen LogP contribution in [0.25, 0.3) is 0 Å². The molecule has 0 aromatic carbocycles. The average Bonchev–Trinajstić information content (AvgIpc) is 2.23. The number of anilines is 1. The van der Waals surface area contributed by atoms with Crippen LogP contribution in [0.2, 0.25) is 5.15 Å². The van der Waals surface area contributed by atoms with E-state index in [-0.39, 0.29) is 6.04 Å². The summed E-state index contributed by atoms with van der Waals surface area (Å²) in [5.74, 6) is 0. The van der Waals surface area contributed by atoms with E-state index in [2.05, 4.69) is 10.3 Å². The molecule has 1 atom stereocenters. The highest BCUT2D eigenvalue weighted by molar-refractivity contribution is 6.29. The lowest BCUT2D eigenvalue weighted by atomic mass is 10.1. The number of hydrogen-bond donors (Lipinski definition) is 2. The fourth-order valence-corrected chi connectivity index (χ4v) is 1.69. The van der Waals surface area contributed by atoms with E-state index in [1.54, 1.807) is 12.3 Å². The van der Waals surface area contributed by atoms with Crippen LogP contribution in [0.15, 0.2) is 12.3 Å². The fourth-order valence-electron chi connectivity index (χ4n) is 1.52. The number of nitrogens with two attached hydrogens (primary N) is 1. The van der Waals surface area contributed by atoms with Gasteiger partial charge in [0.25, 0.3) is 0 Å². The number of pyridine rings is 1. The summed E-state index contributed by atoms with van der Waals surface area (Å²) < 4.78 is 5.35. The molecule has 0 saturated carbocycles. The van der Waals surface area contributed by atoms with E-state index >= 15 is 0 Å². The first kappa shape index (κ1) is 9.71. The highest BCUT2D eigenvalue weighted by Crippen LogP contribution is 2.23. The normalized spacial score (nSPS) is 22.2. The molecule has 0 unspecified atom stereocenters. The van der Waals surface area contributed by atoms with Crippen LogP contribution in [0, 0.1) is 0 Å². The molecule has 0 amide bonds. The molecule has 5 heteroatoms. The third-order valence-electron chi connectivity index (χ3n) is 2.23. The quantitative estimate of drug-likeness (QED) is 0.683. The number of halogens is 1. The van der Waals surface area contributed by atoms with Gasteiger partial charge < -0.3 is 15.8 Å². The Hall–Kier alpha value is -0.840. The summed E-state index contributed by atoms with van der Waals surface area (Å²) in [6.45, 7) is 2.21. The van der Waals surface area contributed by atoms with Crippen molar-refractivity contribution in [3.8, 4) is 0 Å². The Morgan fingerprint density at radius 1 is 1.64 bits per heavy atom. The van der Waals surface area contributed by atoms with Gasteiger partial charge in [0.2, 0.25) is 0 Å². The van der Waals surface area contributed by atoms with Crippen LogP contribution in [-0.2, 0) is 4.74 Å². The molecule has 0 aliphatic carbocycles. The largest absolute Gasteiger partial charge is 0.397 e. The number of nitrogens with zero attached hydrogens (tertiary/aromatic N) is 1. The molecule has 4 nitrogen and oxygen atoms in total. The van der Waals surface area contributed by atoms with Crippen LogP contribution in [-0.4, -0.2) is 24.7 Å². The Morgan fingerprint density at radius 3 is 3.21 bits per heavy atom. The maximum Gasteiger partial charge on any atom is 0.129 e. The number of nitrogens with one attached hydrogen (secondary N) is 1. The van der Waals surface area contributed by atoms with Crippen molar-refractivity contribution in [2.45, 2.75) is 6.04 Å². The van der Waals surface area contributed by atoms with Crippen LogP contribution < -0.4 is 11.1 Å². The van der Waals surface area contributed by atoms with E-state index in [0.29, 0.717) is 17.4 Å². The smallest absolute Gasteiger partial charge is 0.129 e. The Morgan fingerprint density at radius 2 is 2.50 bits per heavy atom. The van der Waals surface area contributed by atoms with Gasteiger partial charge in [-0.2, -0.15) is 0 Å². The molecule has 1 aliphatic rings. The van der Waals surface area contributed by atoms with Crippen molar-refractivity contribution in [3.05, 3.63) is 23.0 Å². The molecule has 0 spiro atoms. The van der Waals surface area contributed by atoms with Crippen LogP contribution in [0.5, 0.6) is 0 Å². The number of hydrogen-bond acceptors (Lipinski definition) is 4. The highest BCUT2D eigenvalue weighted by atomic mass is 35.5. The molecule has 1 aromatic rings. The third-order valence-corrected chi connectivity index (χ3v) is 2.44. The van der Waals surface area contributed by atoms with Gasteiger partial charge in [-0.05, 0) is 11.6 Å². The van der Waals surface area contributed by atoms with Gasteiger partial charge in [-0.25, -0.2) is 4.98 Å². The lowest BCUT2D eigenvalue weighted by Gasteiger charge is -2.25. The predicted octanol–water partition coefficient (Wildman–Crippen LogP) is 0.978. The first-order chi connectivity index (χ1) is 6.77. The van der Waals surface area contributed by atoms with Crippen LogP contribution in [0.4, 0.5) is 5.69 Å². The maximum atomic E-state index is 5.80. The second kappa shape index (κ2) is 4.13. The molecule has 1 aromatic heterocycles. The number of aromatic nitrogens is 1. The van der Waals surface area contributed by atoms with Crippen LogP contribution in [0.1, 0.15) is 11.6 Å². The van der Waals surface area contributed by atoms with E-state index in [1.807, 2.05) is 0 Å². The zero-order valence-electron chi connectivity index (χ0n) is 7.66.